The third-order valence-corrected chi connectivity index (χ3v) is 2.52. The van der Waals surface area contributed by atoms with Crippen LogP contribution < -0.4 is 5.32 Å². The lowest BCUT2D eigenvalue weighted by atomic mass is 9.89. The minimum atomic E-state index is 0.148. The summed E-state index contributed by atoms with van der Waals surface area (Å²) in [5.41, 5.74) is 1.24. The van der Waals surface area contributed by atoms with Crippen molar-refractivity contribution >= 4 is 0 Å². The van der Waals surface area contributed by atoms with Crippen molar-refractivity contribution in [3.8, 4) is 0 Å². The number of hydrogen-bond acceptors (Lipinski definition) is 4. The van der Waals surface area contributed by atoms with Crippen LogP contribution in [0.1, 0.15) is 26.3 Å². The van der Waals surface area contributed by atoms with E-state index in [2.05, 4.69) is 36.1 Å². The summed E-state index contributed by atoms with van der Waals surface area (Å²) in [6.07, 6.45) is 5.38. The molecule has 1 N–H and O–H groups in total. The highest BCUT2D eigenvalue weighted by Crippen LogP contribution is 2.20. The monoisotopic (exact) mass is 223 g/mol. The molecule has 90 valence electrons. The molecule has 0 bridgehead atoms. The zero-order chi connectivity index (χ0) is 12.0. The van der Waals surface area contributed by atoms with Crippen molar-refractivity contribution in [2.24, 2.45) is 5.41 Å². The summed E-state index contributed by atoms with van der Waals surface area (Å²) in [6, 6.07) is 0. The first-order valence-corrected chi connectivity index (χ1v) is 5.51. The van der Waals surface area contributed by atoms with Crippen molar-refractivity contribution in [3.63, 3.8) is 0 Å². The molecule has 1 rings (SSSR count). The molecule has 0 saturated heterocycles. The van der Waals surface area contributed by atoms with Gasteiger partial charge in [0, 0.05) is 38.2 Å². The SMILES string of the molecule is COC(CNCc1cncnc1)C(C)(C)C. The van der Waals surface area contributed by atoms with E-state index in [4.69, 9.17) is 4.74 Å². The van der Waals surface area contributed by atoms with Gasteiger partial charge in [0.25, 0.3) is 0 Å². The van der Waals surface area contributed by atoms with E-state index < -0.39 is 0 Å². The summed E-state index contributed by atoms with van der Waals surface area (Å²) in [6.45, 7) is 8.13. The topological polar surface area (TPSA) is 47.0 Å². The third-order valence-electron chi connectivity index (χ3n) is 2.52. The van der Waals surface area contributed by atoms with E-state index >= 15 is 0 Å². The van der Waals surface area contributed by atoms with Gasteiger partial charge in [0.2, 0.25) is 0 Å². The van der Waals surface area contributed by atoms with Crippen LogP contribution in [0.4, 0.5) is 0 Å². The maximum Gasteiger partial charge on any atom is 0.115 e. The van der Waals surface area contributed by atoms with Gasteiger partial charge in [-0.3, -0.25) is 0 Å². The minimum Gasteiger partial charge on any atom is -0.380 e. The molecule has 1 aromatic rings. The van der Waals surface area contributed by atoms with Crippen LogP contribution in [0.15, 0.2) is 18.7 Å². The fourth-order valence-corrected chi connectivity index (χ4v) is 1.51. The summed E-state index contributed by atoms with van der Waals surface area (Å²) in [5, 5.41) is 3.35. The van der Waals surface area contributed by atoms with Gasteiger partial charge in [0.1, 0.15) is 6.33 Å². The lowest BCUT2D eigenvalue weighted by Crippen LogP contribution is -2.38. The van der Waals surface area contributed by atoms with E-state index in [9.17, 15) is 0 Å². The Kier molecular flexibility index (Phi) is 4.83. The van der Waals surface area contributed by atoms with Crippen LogP contribution in [-0.2, 0) is 11.3 Å². The van der Waals surface area contributed by atoms with Crippen molar-refractivity contribution in [1.82, 2.24) is 15.3 Å². The summed E-state index contributed by atoms with van der Waals surface area (Å²) in [5.74, 6) is 0. The van der Waals surface area contributed by atoms with Crippen molar-refractivity contribution < 1.29 is 4.74 Å². The predicted octanol–water partition coefficient (Wildman–Crippen LogP) is 1.63. The lowest BCUT2D eigenvalue weighted by molar-refractivity contribution is 0.0173. The Labute approximate surface area is 97.5 Å². The highest BCUT2D eigenvalue weighted by molar-refractivity contribution is 5.01. The Balaban J connectivity index is 2.35. The molecule has 0 aromatic carbocycles. The van der Waals surface area contributed by atoms with E-state index in [-0.39, 0.29) is 11.5 Å². The van der Waals surface area contributed by atoms with Crippen LogP contribution in [0.2, 0.25) is 0 Å². The van der Waals surface area contributed by atoms with Crippen molar-refractivity contribution in [2.75, 3.05) is 13.7 Å². The molecular weight excluding hydrogens is 202 g/mol. The number of nitrogens with zero attached hydrogens (tertiary/aromatic N) is 2. The normalized spacial score (nSPS) is 13.8. The zero-order valence-corrected chi connectivity index (χ0v) is 10.5. The molecule has 0 spiro atoms. The molecule has 0 aliphatic rings. The Morgan fingerprint density at radius 1 is 1.31 bits per heavy atom. The second kappa shape index (κ2) is 5.92. The quantitative estimate of drug-likeness (QED) is 0.824. The molecule has 16 heavy (non-hydrogen) atoms. The summed E-state index contributed by atoms with van der Waals surface area (Å²) in [4.78, 5) is 7.94. The fourth-order valence-electron chi connectivity index (χ4n) is 1.51. The van der Waals surface area contributed by atoms with Crippen LogP contribution >= 0.6 is 0 Å². The van der Waals surface area contributed by atoms with Gasteiger partial charge in [-0.2, -0.15) is 0 Å². The molecule has 0 amide bonds. The summed E-state index contributed by atoms with van der Waals surface area (Å²) in [7, 11) is 1.75. The smallest absolute Gasteiger partial charge is 0.115 e. The van der Waals surface area contributed by atoms with Gasteiger partial charge < -0.3 is 10.1 Å². The fraction of sp³-hybridized carbons (Fsp3) is 0.667. The average molecular weight is 223 g/mol. The highest BCUT2D eigenvalue weighted by atomic mass is 16.5. The second-order valence-electron chi connectivity index (χ2n) is 4.97. The number of nitrogens with one attached hydrogen (secondary N) is 1. The predicted molar refractivity (Wildman–Crippen MR) is 64.0 cm³/mol. The number of aromatic nitrogens is 2. The first-order chi connectivity index (χ1) is 7.54. The largest absolute Gasteiger partial charge is 0.380 e. The molecule has 1 atom stereocenters. The molecule has 1 aromatic heterocycles. The molecule has 4 heteroatoms. The van der Waals surface area contributed by atoms with Gasteiger partial charge in [-0.15, -0.1) is 0 Å². The van der Waals surface area contributed by atoms with Gasteiger partial charge in [-0.05, 0) is 5.41 Å². The number of ether oxygens (including phenoxy) is 1. The van der Waals surface area contributed by atoms with Crippen LogP contribution in [0.25, 0.3) is 0 Å². The lowest BCUT2D eigenvalue weighted by Gasteiger charge is -2.29. The maximum absolute atomic E-state index is 5.46. The zero-order valence-electron chi connectivity index (χ0n) is 10.5. The first kappa shape index (κ1) is 13.1. The van der Waals surface area contributed by atoms with Gasteiger partial charge in [-0.25, -0.2) is 9.97 Å². The molecule has 1 heterocycles. The highest BCUT2D eigenvalue weighted by Gasteiger charge is 2.23. The maximum atomic E-state index is 5.46. The molecule has 0 aliphatic carbocycles. The molecule has 1 unspecified atom stereocenters. The summed E-state index contributed by atoms with van der Waals surface area (Å²) >= 11 is 0. The second-order valence-corrected chi connectivity index (χ2v) is 4.97. The van der Waals surface area contributed by atoms with E-state index in [0.29, 0.717) is 0 Å². The average Bonchev–Trinajstić information content (AvgIpc) is 2.24. The Morgan fingerprint density at radius 3 is 2.44 bits per heavy atom. The molecule has 0 saturated carbocycles. The van der Waals surface area contributed by atoms with Gasteiger partial charge in [0.15, 0.2) is 0 Å². The molecule has 4 nitrogen and oxygen atoms in total. The molecule has 0 fully saturated rings. The van der Waals surface area contributed by atoms with Crippen LogP contribution in [0.5, 0.6) is 0 Å². The van der Waals surface area contributed by atoms with E-state index in [1.54, 1.807) is 7.11 Å². The summed E-state index contributed by atoms with van der Waals surface area (Å²) < 4.78 is 5.46. The van der Waals surface area contributed by atoms with Crippen molar-refractivity contribution in [2.45, 2.75) is 33.4 Å². The number of hydrogen-bond donors (Lipinski definition) is 1. The van der Waals surface area contributed by atoms with E-state index in [0.717, 1.165) is 18.7 Å². The third kappa shape index (κ3) is 4.24. The molecular formula is C12H21N3O. The van der Waals surface area contributed by atoms with Crippen molar-refractivity contribution in [3.05, 3.63) is 24.3 Å². The van der Waals surface area contributed by atoms with E-state index in [1.165, 1.54) is 6.33 Å². The molecule has 0 radical (unpaired) electrons. The first-order valence-electron chi connectivity index (χ1n) is 5.51. The Hall–Kier alpha value is -1.00. The Bertz CT molecular complexity index is 295. The number of methoxy groups -OCH3 is 1. The number of rotatable bonds is 5. The van der Waals surface area contributed by atoms with Crippen LogP contribution in [0.3, 0.4) is 0 Å². The van der Waals surface area contributed by atoms with Gasteiger partial charge >= 0.3 is 0 Å². The van der Waals surface area contributed by atoms with Gasteiger partial charge in [-0.1, -0.05) is 20.8 Å². The molecule has 0 aliphatic heterocycles. The van der Waals surface area contributed by atoms with Crippen LogP contribution in [0, 0.1) is 5.41 Å². The standard InChI is InChI=1S/C12H21N3O/c1-12(2,3)11(16-4)8-13-5-10-6-14-9-15-7-10/h6-7,9,11,13H,5,8H2,1-4H3. The van der Waals surface area contributed by atoms with E-state index in [1.807, 2.05) is 12.4 Å². The van der Waals surface area contributed by atoms with Crippen LogP contribution in [-0.4, -0.2) is 29.7 Å². The minimum absolute atomic E-state index is 0.148. The Morgan fingerprint density at radius 2 is 1.94 bits per heavy atom. The van der Waals surface area contributed by atoms with Crippen molar-refractivity contribution in [1.29, 1.82) is 0 Å². The van der Waals surface area contributed by atoms with Gasteiger partial charge in [0.05, 0.1) is 6.10 Å².